The number of pyridine rings is 1. The van der Waals surface area contributed by atoms with E-state index in [2.05, 4.69) is 4.98 Å². The molecule has 1 N–H and O–H groups in total. The minimum Gasteiger partial charge on any atom is -0.478 e. The molecular weight excluding hydrogens is 207 g/mol. The molecule has 1 aromatic rings. The van der Waals surface area contributed by atoms with Gasteiger partial charge in [0.2, 0.25) is 0 Å². The summed E-state index contributed by atoms with van der Waals surface area (Å²) in [5.41, 5.74) is 0.497. The number of morpholine rings is 1. The van der Waals surface area contributed by atoms with Gasteiger partial charge in [0.25, 0.3) is 0 Å². The first-order chi connectivity index (χ1) is 7.68. The van der Waals surface area contributed by atoms with E-state index in [4.69, 9.17) is 17.7 Å². The maximum atomic E-state index is 11.1. The largest absolute Gasteiger partial charge is 0.478 e. The van der Waals surface area contributed by atoms with Crippen LogP contribution in [-0.4, -0.2) is 50.2 Å². The highest BCUT2D eigenvalue weighted by Gasteiger charge is 2.19. The molecule has 0 amide bonds. The van der Waals surface area contributed by atoms with Crippen LogP contribution >= 0.6 is 0 Å². The average molecular weight is 218 g/mol. The number of hydrogen-bond donors (Lipinski definition) is 1. The van der Waals surface area contributed by atoms with Crippen LogP contribution in [0.5, 0.6) is 0 Å². The van der Waals surface area contributed by atoms with Crippen LogP contribution in [0.3, 0.4) is 0 Å². The molecule has 1 aliphatic heterocycles. The number of aromatic nitrogens is 1. The number of nitrogens with zero attached hydrogens (tertiary/aromatic N) is 2. The lowest BCUT2D eigenvalue weighted by molar-refractivity contribution is 0.0696. The number of hydrogen-bond acceptors (Lipinski definition) is 4. The van der Waals surface area contributed by atoms with Crippen LogP contribution in [0.25, 0.3) is 0 Å². The molecule has 2 heterocycles. The van der Waals surface area contributed by atoms with Crippen LogP contribution in [0.2, 0.25) is 0 Å². The maximum Gasteiger partial charge on any atom is 0.339 e. The van der Waals surface area contributed by atoms with E-state index in [9.17, 15) is 4.79 Å². The van der Waals surface area contributed by atoms with Gasteiger partial charge >= 0.3 is 5.97 Å². The smallest absolute Gasteiger partial charge is 0.339 e. The van der Waals surface area contributed by atoms with E-state index < -0.39 is 5.97 Å². The summed E-state index contributed by atoms with van der Waals surface area (Å²) >= 11 is 0. The van der Waals surface area contributed by atoms with Gasteiger partial charge in [0.05, 0.1) is 13.2 Å². The summed E-state index contributed by atoms with van der Waals surface area (Å²) in [4.78, 5) is 17.0. The lowest BCUT2D eigenvalue weighted by atomic mass is 9.96. The molecule has 0 bridgehead atoms. The number of rotatable bonds is 2. The summed E-state index contributed by atoms with van der Waals surface area (Å²) in [6.07, 6.45) is 1.47. The van der Waals surface area contributed by atoms with Gasteiger partial charge in [-0.15, -0.1) is 0 Å². The van der Waals surface area contributed by atoms with Crippen LogP contribution in [0.1, 0.15) is 10.4 Å². The molecule has 0 aliphatic carbocycles. The molecule has 6 heteroatoms. The van der Waals surface area contributed by atoms with Crippen molar-refractivity contribution in [2.45, 2.75) is 0 Å². The molecule has 5 nitrogen and oxygen atoms in total. The summed E-state index contributed by atoms with van der Waals surface area (Å²) in [5.74, 6) is -0.550. The summed E-state index contributed by atoms with van der Waals surface area (Å²) < 4.78 is 5.20. The second-order valence-corrected chi connectivity index (χ2v) is 3.54. The van der Waals surface area contributed by atoms with Crippen molar-refractivity contribution in [3.63, 3.8) is 0 Å². The van der Waals surface area contributed by atoms with E-state index in [1.54, 1.807) is 0 Å². The predicted molar refractivity (Wildman–Crippen MR) is 59.6 cm³/mol. The Morgan fingerprint density at radius 3 is 2.81 bits per heavy atom. The highest BCUT2D eigenvalue weighted by atomic mass is 16.5. The molecule has 2 rings (SSSR count). The van der Waals surface area contributed by atoms with Gasteiger partial charge in [-0.05, 0) is 6.07 Å². The molecule has 2 radical (unpaired) electrons. The highest BCUT2D eigenvalue weighted by Crippen LogP contribution is 2.17. The second kappa shape index (κ2) is 4.53. The molecule has 0 unspecified atom stereocenters. The first kappa shape index (κ1) is 10.9. The van der Waals surface area contributed by atoms with E-state index in [-0.39, 0.29) is 5.56 Å². The van der Waals surface area contributed by atoms with Crippen molar-refractivity contribution in [1.82, 2.24) is 4.98 Å². The Kier molecular flexibility index (Phi) is 3.10. The molecule has 16 heavy (non-hydrogen) atoms. The van der Waals surface area contributed by atoms with E-state index in [1.165, 1.54) is 12.3 Å². The second-order valence-electron chi connectivity index (χ2n) is 3.54. The normalized spacial score (nSPS) is 16.1. The fourth-order valence-electron chi connectivity index (χ4n) is 1.66. The van der Waals surface area contributed by atoms with Gasteiger partial charge in [0.1, 0.15) is 19.2 Å². The SMILES string of the molecule is [B]c1cnc(N2CCOCC2)c(C(=O)O)c1. The number of carboxylic acid groups (broad SMARTS) is 1. The van der Waals surface area contributed by atoms with Crippen molar-refractivity contribution in [3.05, 3.63) is 17.8 Å². The molecule has 0 saturated carbocycles. The maximum absolute atomic E-state index is 11.1. The zero-order valence-corrected chi connectivity index (χ0v) is 8.72. The Morgan fingerprint density at radius 2 is 2.19 bits per heavy atom. The van der Waals surface area contributed by atoms with Crippen LogP contribution in [0.4, 0.5) is 5.82 Å². The molecular formula is C10H11BN2O3. The van der Waals surface area contributed by atoms with Gasteiger partial charge in [0.15, 0.2) is 0 Å². The van der Waals surface area contributed by atoms with Crippen molar-refractivity contribution in [3.8, 4) is 0 Å². The van der Waals surface area contributed by atoms with E-state index in [0.29, 0.717) is 37.6 Å². The Balaban J connectivity index is 2.34. The van der Waals surface area contributed by atoms with Gasteiger partial charge in [-0.25, -0.2) is 9.78 Å². The van der Waals surface area contributed by atoms with Crippen molar-refractivity contribution < 1.29 is 14.6 Å². The molecule has 0 atom stereocenters. The Hall–Kier alpha value is -1.56. The molecule has 82 valence electrons. The molecule has 1 saturated heterocycles. The molecule has 0 spiro atoms. The van der Waals surface area contributed by atoms with E-state index in [1.807, 2.05) is 4.90 Å². The molecule has 1 aromatic heterocycles. The number of carbonyl (C=O) groups is 1. The predicted octanol–water partition coefficient (Wildman–Crippen LogP) is -0.590. The number of ether oxygens (including phenoxy) is 1. The lowest BCUT2D eigenvalue weighted by Crippen LogP contribution is -2.38. The van der Waals surface area contributed by atoms with Crippen molar-refractivity contribution in [2.75, 3.05) is 31.2 Å². The summed E-state index contributed by atoms with van der Waals surface area (Å²) in [7, 11) is 5.53. The quantitative estimate of drug-likeness (QED) is 0.672. The minimum absolute atomic E-state index is 0.141. The zero-order valence-electron chi connectivity index (χ0n) is 8.72. The Labute approximate surface area is 94.5 Å². The van der Waals surface area contributed by atoms with Crippen LogP contribution in [-0.2, 0) is 4.74 Å². The zero-order chi connectivity index (χ0) is 11.5. The van der Waals surface area contributed by atoms with Gasteiger partial charge in [0, 0.05) is 19.3 Å². The van der Waals surface area contributed by atoms with Crippen molar-refractivity contribution in [2.24, 2.45) is 0 Å². The van der Waals surface area contributed by atoms with Gasteiger partial charge in [-0.2, -0.15) is 0 Å². The molecule has 0 aromatic carbocycles. The number of aromatic carboxylic acids is 1. The van der Waals surface area contributed by atoms with E-state index in [0.717, 1.165) is 0 Å². The number of anilines is 1. The fourth-order valence-corrected chi connectivity index (χ4v) is 1.66. The van der Waals surface area contributed by atoms with Crippen LogP contribution in [0, 0.1) is 0 Å². The van der Waals surface area contributed by atoms with Crippen LogP contribution in [0.15, 0.2) is 12.3 Å². The highest BCUT2D eigenvalue weighted by molar-refractivity contribution is 6.32. The number of carboxylic acids is 1. The van der Waals surface area contributed by atoms with Gasteiger partial charge in [-0.3, -0.25) is 0 Å². The molecule has 1 fully saturated rings. The standard InChI is InChI=1S/C10H11BN2O3/c11-7-5-8(10(14)15)9(12-6-7)13-1-3-16-4-2-13/h5-6H,1-4H2,(H,14,15). The third-order valence-corrected chi connectivity index (χ3v) is 2.43. The minimum atomic E-state index is -1.01. The fraction of sp³-hybridized carbons (Fsp3) is 0.400. The van der Waals surface area contributed by atoms with Crippen molar-refractivity contribution >= 4 is 25.1 Å². The monoisotopic (exact) mass is 218 g/mol. The third-order valence-electron chi connectivity index (χ3n) is 2.43. The topological polar surface area (TPSA) is 62.7 Å². The lowest BCUT2D eigenvalue weighted by Gasteiger charge is -2.28. The van der Waals surface area contributed by atoms with Gasteiger partial charge in [-0.1, -0.05) is 5.46 Å². The Morgan fingerprint density at radius 1 is 1.50 bits per heavy atom. The van der Waals surface area contributed by atoms with E-state index >= 15 is 0 Å². The first-order valence-corrected chi connectivity index (χ1v) is 5.00. The van der Waals surface area contributed by atoms with Gasteiger partial charge < -0.3 is 14.7 Å². The summed E-state index contributed by atoms with van der Waals surface area (Å²) in [6.45, 7) is 2.48. The Bertz CT molecular complexity index is 405. The first-order valence-electron chi connectivity index (χ1n) is 5.00. The van der Waals surface area contributed by atoms with Crippen LogP contribution < -0.4 is 10.4 Å². The molecule has 1 aliphatic rings. The summed E-state index contributed by atoms with van der Waals surface area (Å²) in [5, 5.41) is 9.07. The summed E-state index contributed by atoms with van der Waals surface area (Å²) in [6, 6.07) is 1.43. The average Bonchev–Trinajstić information content (AvgIpc) is 2.30. The van der Waals surface area contributed by atoms with Crippen molar-refractivity contribution in [1.29, 1.82) is 0 Å². The third kappa shape index (κ3) is 2.16.